The average molecular weight is 396 g/mol. The van der Waals surface area contributed by atoms with Gasteiger partial charge in [0.15, 0.2) is 0 Å². The van der Waals surface area contributed by atoms with Crippen molar-refractivity contribution in [2.45, 2.75) is 25.3 Å². The SMILES string of the molecule is NC[C@H](NC(=O)C1CC1)C(=O)Nc1ccc(N2CCOCC2=O)c(C(F)F)c1. The van der Waals surface area contributed by atoms with E-state index in [2.05, 4.69) is 10.6 Å². The fourth-order valence-corrected chi connectivity index (χ4v) is 2.92. The molecule has 28 heavy (non-hydrogen) atoms. The van der Waals surface area contributed by atoms with Crippen LogP contribution in [0.4, 0.5) is 20.2 Å². The molecule has 1 aliphatic heterocycles. The monoisotopic (exact) mass is 396 g/mol. The van der Waals surface area contributed by atoms with Gasteiger partial charge in [-0.15, -0.1) is 0 Å². The second-order valence-corrected chi connectivity index (χ2v) is 6.73. The van der Waals surface area contributed by atoms with Crippen LogP contribution in [0.2, 0.25) is 0 Å². The van der Waals surface area contributed by atoms with E-state index < -0.39 is 24.3 Å². The number of morpholine rings is 1. The second kappa shape index (κ2) is 8.61. The highest BCUT2D eigenvalue weighted by Crippen LogP contribution is 2.33. The second-order valence-electron chi connectivity index (χ2n) is 6.73. The minimum absolute atomic E-state index is 0.0821. The van der Waals surface area contributed by atoms with E-state index in [9.17, 15) is 23.2 Å². The Morgan fingerprint density at radius 3 is 2.68 bits per heavy atom. The van der Waals surface area contributed by atoms with Crippen molar-refractivity contribution in [2.75, 3.05) is 36.5 Å². The van der Waals surface area contributed by atoms with Crippen LogP contribution in [0.3, 0.4) is 0 Å². The first-order chi connectivity index (χ1) is 13.4. The number of anilines is 2. The summed E-state index contributed by atoms with van der Waals surface area (Å²) < 4.78 is 32.1. The van der Waals surface area contributed by atoms with Crippen LogP contribution in [0.1, 0.15) is 24.8 Å². The predicted octanol–water partition coefficient (Wildman–Crippen LogP) is 0.779. The number of halogens is 2. The number of ether oxygens (including phenoxy) is 1. The van der Waals surface area contributed by atoms with Crippen molar-refractivity contribution in [3.05, 3.63) is 23.8 Å². The van der Waals surface area contributed by atoms with Gasteiger partial charge in [0.05, 0.1) is 12.3 Å². The highest BCUT2D eigenvalue weighted by Gasteiger charge is 2.32. The van der Waals surface area contributed by atoms with Gasteiger partial charge >= 0.3 is 0 Å². The number of rotatable bonds is 7. The van der Waals surface area contributed by atoms with Crippen LogP contribution >= 0.6 is 0 Å². The van der Waals surface area contributed by atoms with Gasteiger partial charge in [0.25, 0.3) is 12.3 Å². The first-order valence-corrected chi connectivity index (χ1v) is 9.02. The van der Waals surface area contributed by atoms with Crippen LogP contribution in [-0.4, -0.2) is 50.1 Å². The smallest absolute Gasteiger partial charge is 0.265 e. The van der Waals surface area contributed by atoms with E-state index in [-0.39, 0.29) is 55.1 Å². The summed E-state index contributed by atoms with van der Waals surface area (Å²) in [5.41, 5.74) is 5.39. The topological polar surface area (TPSA) is 114 Å². The Kier molecular flexibility index (Phi) is 6.20. The first kappa shape index (κ1) is 20.2. The van der Waals surface area contributed by atoms with Gasteiger partial charge in [0.1, 0.15) is 12.6 Å². The van der Waals surface area contributed by atoms with Crippen LogP contribution in [0.25, 0.3) is 0 Å². The van der Waals surface area contributed by atoms with E-state index in [1.807, 2.05) is 0 Å². The predicted molar refractivity (Wildman–Crippen MR) is 96.9 cm³/mol. The summed E-state index contributed by atoms with van der Waals surface area (Å²) in [6, 6.07) is 2.96. The summed E-state index contributed by atoms with van der Waals surface area (Å²) in [6.07, 6.45) is -1.28. The van der Waals surface area contributed by atoms with Gasteiger partial charge in [-0.2, -0.15) is 0 Å². The number of nitrogens with zero attached hydrogens (tertiary/aromatic N) is 1. The Morgan fingerprint density at radius 1 is 1.32 bits per heavy atom. The van der Waals surface area contributed by atoms with Crippen LogP contribution in [0.5, 0.6) is 0 Å². The molecule has 1 heterocycles. The van der Waals surface area contributed by atoms with Crippen molar-refractivity contribution < 1.29 is 27.9 Å². The molecule has 4 N–H and O–H groups in total. The number of nitrogens with one attached hydrogen (secondary N) is 2. The molecular weight excluding hydrogens is 374 g/mol. The molecule has 0 spiro atoms. The molecule has 2 aliphatic rings. The van der Waals surface area contributed by atoms with Crippen LogP contribution in [0.15, 0.2) is 18.2 Å². The third kappa shape index (κ3) is 4.63. The van der Waals surface area contributed by atoms with Crippen molar-refractivity contribution in [1.29, 1.82) is 0 Å². The molecule has 1 aromatic carbocycles. The standard InChI is InChI=1S/C18H22F2N4O4/c19-16(20)12-7-11(3-4-14(12)24-5-6-28-9-15(24)25)22-18(27)13(8-21)23-17(26)10-1-2-10/h3-4,7,10,13,16H,1-2,5-6,8-9,21H2,(H,22,27)(H,23,26)/t13-/m0/s1. The van der Waals surface area contributed by atoms with Crippen molar-refractivity contribution >= 4 is 29.1 Å². The fraction of sp³-hybridized carbons (Fsp3) is 0.500. The van der Waals surface area contributed by atoms with Gasteiger partial charge in [-0.05, 0) is 31.0 Å². The summed E-state index contributed by atoms with van der Waals surface area (Å²) in [4.78, 5) is 37.4. The number of carbonyl (C=O) groups is 3. The molecule has 3 rings (SSSR count). The van der Waals surface area contributed by atoms with Gasteiger partial charge in [-0.3, -0.25) is 14.4 Å². The third-order valence-electron chi connectivity index (χ3n) is 4.62. The molecule has 1 atom stereocenters. The summed E-state index contributed by atoms with van der Waals surface area (Å²) in [5, 5.41) is 5.06. The number of carbonyl (C=O) groups excluding carboxylic acids is 3. The molecule has 10 heteroatoms. The lowest BCUT2D eigenvalue weighted by molar-refractivity contribution is -0.127. The highest BCUT2D eigenvalue weighted by molar-refractivity contribution is 5.99. The molecule has 1 aliphatic carbocycles. The first-order valence-electron chi connectivity index (χ1n) is 9.02. The van der Waals surface area contributed by atoms with Gasteiger partial charge in [0.2, 0.25) is 11.8 Å². The molecule has 0 aromatic heterocycles. The van der Waals surface area contributed by atoms with Gasteiger partial charge in [0, 0.05) is 30.3 Å². The lowest BCUT2D eigenvalue weighted by atomic mass is 10.1. The van der Waals surface area contributed by atoms with E-state index >= 15 is 0 Å². The number of alkyl halides is 2. The zero-order valence-corrected chi connectivity index (χ0v) is 15.1. The van der Waals surface area contributed by atoms with E-state index in [1.54, 1.807) is 0 Å². The average Bonchev–Trinajstić information content (AvgIpc) is 3.51. The largest absolute Gasteiger partial charge is 0.370 e. The van der Waals surface area contributed by atoms with E-state index in [1.165, 1.54) is 17.0 Å². The summed E-state index contributed by atoms with van der Waals surface area (Å²) in [6.45, 7) is 0.144. The Labute approximate surface area is 160 Å². The molecular formula is C18H22F2N4O4. The maximum Gasteiger partial charge on any atom is 0.265 e. The molecule has 0 bridgehead atoms. The van der Waals surface area contributed by atoms with E-state index in [4.69, 9.17) is 10.5 Å². The molecule has 1 saturated heterocycles. The maximum absolute atomic E-state index is 13.6. The molecule has 8 nitrogen and oxygen atoms in total. The minimum Gasteiger partial charge on any atom is -0.370 e. The Balaban J connectivity index is 1.74. The zero-order valence-electron chi connectivity index (χ0n) is 15.1. The van der Waals surface area contributed by atoms with Gasteiger partial charge < -0.3 is 26.0 Å². The summed E-state index contributed by atoms with van der Waals surface area (Å²) in [5.74, 6) is -1.32. The molecule has 1 aromatic rings. The number of nitrogens with two attached hydrogens (primary N) is 1. The normalized spacial score (nSPS) is 18.1. The van der Waals surface area contributed by atoms with Crippen LogP contribution < -0.4 is 21.3 Å². The lowest BCUT2D eigenvalue weighted by Gasteiger charge is -2.29. The van der Waals surface area contributed by atoms with Crippen molar-refractivity contribution in [3.63, 3.8) is 0 Å². The highest BCUT2D eigenvalue weighted by atomic mass is 19.3. The van der Waals surface area contributed by atoms with E-state index in [0.29, 0.717) is 0 Å². The van der Waals surface area contributed by atoms with E-state index in [0.717, 1.165) is 18.9 Å². The van der Waals surface area contributed by atoms with Crippen molar-refractivity contribution in [3.8, 4) is 0 Å². The maximum atomic E-state index is 13.6. The summed E-state index contributed by atoms with van der Waals surface area (Å²) in [7, 11) is 0. The van der Waals surface area contributed by atoms with Crippen molar-refractivity contribution in [2.24, 2.45) is 11.7 Å². The summed E-state index contributed by atoms with van der Waals surface area (Å²) >= 11 is 0. The number of hydrogen-bond donors (Lipinski definition) is 3. The van der Waals surface area contributed by atoms with Gasteiger partial charge in [-0.1, -0.05) is 0 Å². The van der Waals surface area contributed by atoms with Crippen molar-refractivity contribution in [1.82, 2.24) is 5.32 Å². The molecule has 2 fully saturated rings. The molecule has 1 saturated carbocycles. The zero-order chi connectivity index (χ0) is 20.3. The number of benzene rings is 1. The molecule has 3 amide bonds. The minimum atomic E-state index is -2.85. The van der Waals surface area contributed by atoms with Crippen LogP contribution in [0, 0.1) is 5.92 Å². The Bertz CT molecular complexity index is 770. The lowest BCUT2D eigenvalue weighted by Crippen LogP contribution is -2.48. The fourth-order valence-electron chi connectivity index (χ4n) is 2.92. The quantitative estimate of drug-likeness (QED) is 0.630. The molecule has 152 valence electrons. The van der Waals surface area contributed by atoms with Crippen LogP contribution in [-0.2, 0) is 19.1 Å². The Hall–Kier alpha value is -2.59. The Morgan fingerprint density at radius 2 is 2.07 bits per heavy atom. The third-order valence-corrected chi connectivity index (χ3v) is 4.62. The molecule has 0 unspecified atom stereocenters. The molecule has 0 radical (unpaired) electrons. The van der Waals surface area contributed by atoms with Gasteiger partial charge in [-0.25, -0.2) is 8.78 Å². The number of hydrogen-bond acceptors (Lipinski definition) is 5. The number of amides is 3.